The number of hydrogen-bond acceptors (Lipinski definition) is 4. The molecule has 2 aliphatic rings. The topological polar surface area (TPSA) is 80.7 Å². The maximum atomic E-state index is 13.2. The average molecular weight is 332 g/mol. The second-order valence-electron chi connectivity index (χ2n) is 6.66. The summed E-state index contributed by atoms with van der Waals surface area (Å²) >= 11 is 0. The summed E-state index contributed by atoms with van der Waals surface area (Å²) in [4.78, 5) is 34.3. The van der Waals surface area contributed by atoms with Gasteiger partial charge in [0.05, 0.1) is 0 Å². The van der Waals surface area contributed by atoms with E-state index in [0.717, 1.165) is 39.0 Å². The molecule has 0 aromatic heterocycles. The van der Waals surface area contributed by atoms with Crippen molar-refractivity contribution in [1.82, 2.24) is 0 Å². The summed E-state index contributed by atoms with van der Waals surface area (Å²) in [5, 5.41) is 8.40. The first-order valence-electron chi connectivity index (χ1n) is 8.06. The standard InChI is InChI=1S/C16H22F2O5/c1-9(16(17,18)15(21)22)23-13(19)6-5-12-8-10-3-2-4-11(7-10)14(12)20/h9-12H,2-8H2,1H3,(H,21,22). The van der Waals surface area contributed by atoms with Crippen LogP contribution in [0.25, 0.3) is 0 Å². The monoisotopic (exact) mass is 332 g/mol. The van der Waals surface area contributed by atoms with E-state index in [4.69, 9.17) is 5.11 Å². The van der Waals surface area contributed by atoms with E-state index in [1.165, 1.54) is 0 Å². The normalized spacial score (nSPS) is 29.0. The van der Waals surface area contributed by atoms with E-state index in [0.29, 0.717) is 5.92 Å². The minimum absolute atomic E-state index is 0.0822. The van der Waals surface area contributed by atoms with Crippen molar-refractivity contribution in [1.29, 1.82) is 0 Å². The number of hydrogen-bond donors (Lipinski definition) is 1. The van der Waals surface area contributed by atoms with Crippen LogP contribution in [-0.4, -0.2) is 34.9 Å². The number of ketones is 1. The summed E-state index contributed by atoms with van der Waals surface area (Å²) in [6, 6.07) is 0. The Labute approximate surface area is 133 Å². The quantitative estimate of drug-likeness (QED) is 0.757. The second kappa shape index (κ2) is 6.93. The lowest BCUT2D eigenvalue weighted by atomic mass is 9.66. The van der Waals surface area contributed by atoms with Crippen molar-refractivity contribution in [3.8, 4) is 0 Å². The summed E-state index contributed by atoms with van der Waals surface area (Å²) in [5.41, 5.74) is 0. The third-order valence-corrected chi connectivity index (χ3v) is 5.01. The van der Waals surface area contributed by atoms with Crippen LogP contribution >= 0.6 is 0 Å². The molecule has 1 N–H and O–H groups in total. The molecule has 0 aromatic carbocycles. The Kier molecular flexibility index (Phi) is 5.37. The number of carbonyl (C=O) groups is 3. The number of ether oxygens (including phenoxy) is 1. The zero-order valence-corrected chi connectivity index (χ0v) is 13.1. The van der Waals surface area contributed by atoms with Crippen molar-refractivity contribution in [2.75, 3.05) is 0 Å². The number of rotatable bonds is 6. The molecule has 23 heavy (non-hydrogen) atoms. The van der Waals surface area contributed by atoms with Crippen molar-refractivity contribution >= 4 is 17.7 Å². The molecule has 2 rings (SSSR count). The number of carboxylic acids is 1. The third kappa shape index (κ3) is 4.06. The van der Waals surface area contributed by atoms with E-state index >= 15 is 0 Å². The molecular formula is C16H22F2O5. The van der Waals surface area contributed by atoms with E-state index in [9.17, 15) is 23.2 Å². The van der Waals surface area contributed by atoms with Gasteiger partial charge in [-0.3, -0.25) is 9.59 Å². The fraction of sp³-hybridized carbons (Fsp3) is 0.812. The van der Waals surface area contributed by atoms with Gasteiger partial charge in [-0.25, -0.2) is 4.79 Å². The summed E-state index contributed by atoms with van der Waals surface area (Å²) in [5.74, 6) is -6.76. The molecule has 2 bridgehead atoms. The molecule has 2 aliphatic carbocycles. The SMILES string of the molecule is CC(OC(=O)CCC1CC2CCCC(C2)C1=O)C(F)(F)C(=O)O. The van der Waals surface area contributed by atoms with Crippen LogP contribution in [-0.2, 0) is 19.1 Å². The first-order valence-corrected chi connectivity index (χ1v) is 8.06. The minimum Gasteiger partial charge on any atom is -0.477 e. The van der Waals surface area contributed by atoms with Gasteiger partial charge >= 0.3 is 17.9 Å². The zero-order valence-electron chi connectivity index (χ0n) is 13.1. The molecule has 4 atom stereocenters. The number of aliphatic carboxylic acids is 1. The summed E-state index contributed by atoms with van der Waals surface area (Å²) < 4.78 is 30.9. The lowest BCUT2D eigenvalue weighted by Crippen LogP contribution is -2.42. The fourth-order valence-corrected chi connectivity index (χ4v) is 3.67. The smallest absolute Gasteiger partial charge is 0.378 e. The van der Waals surface area contributed by atoms with E-state index in [1.54, 1.807) is 0 Å². The van der Waals surface area contributed by atoms with Gasteiger partial charge in [0.25, 0.3) is 0 Å². The van der Waals surface area contributed by atoms with E-state index in [-0.39, 0.29) is 30.5 Å². The van der Waals surface area contributed by atoms with Crippen LogP contribution in [0.2, 0.25) is 0 Å². The highest BCUT2D eigenvalue weighted by molar-refractivity contribution is 5.85. The average Bonchev–Trinajstić information content (AvgIpc) is 2.49. The van der Waals surface area contributed by atoms with E-state index in [2.05, 4.69) is 4.74 Å². The molecule has 130 valence electrons. The first kappa shape index (κ1) is 17.8. The number of alkyl halides is 2. The summed E-state index contributed by atoms with van der Waals surface area (Å²) in [6.07, 6.45) is 2.87. The Morgan fingerprint density at radius 3 is 2.70 bits per heavy atom. The van der Waals surface area contributed by atoms with Crippen LogP contribution in [0, 0.1) is 17.8 Å². The lowest BCUT2D eigenvalue weighted by molar-refractivity contribution is -0.191. The van der Waals surface area contributed by atoms with Crippen LogP contribution in [0.4, 0.5) is 8.78 Å². The Morgan fingerprint density at radius 2 is 2.04 bits per heavy atom. The second-order valence-corrected chi connectivity index (χ2v) is 6.66. The fourth-order valence-electron chi connectivity index (χ4n) is 3.67. The molecule has 0 saturated heterocycles. The summed E-state index contributed by atoms with van der Waals surface area (Å²) in [6.45, 7) is 0.849. The molecule has 2 fully saturated rings. The molecule has 0 spiro atoms. The highest BCUT2D eigenvalue weighted by atomic mass is 19.3. The van der Waals surface area contributed by atoms with E-state index < -0.39 is 24.0 Å². The van der Waals surface area contributed by atoms with Gasteiger partial charge in [-0.1, -0.05) is 12.8 Å². The van der Waals surface area contributed by atoms with Gasteiger partial charge in [0, 0.05) is 18.3 Å². The molecule has 2 saturated carbocycles. The van der Waals surface area contributed by atoms with Crippen LogP contribution < -0.4 is 0 Å². The molecular weight excluding hydrogens is 310 g/mol. The van der Waals surface area contributed by atoms with Gasteiger partial charge in [-0.2, -0.15) is 8.78 Å². The summed E-state index contributed by atoms with van der Waals surface area (Å²) in [7, 11) is 0. The Balaban J connectivity index is 1.82. The van der Waals surface area contributed by atoms with Crippen LogP contribution in [0.5, 0.6) is 0 Å². The van der Waals surface area contributed by atoms with Gasteiger partial charge in [0.2, 0.25) is 0 Å². The number of carbonyl (C=O) groups excluding carboxylic acids is 2. The largest absolute Gasteiger partial charge is 0.477 e. The molecule has 4 unspecified atom stereocenters. The number of fused-ring (bicyclic) bond motifs is 2. The first-order chi connectivity index (χ1) is 10.7. The van der Waals surface area contributed by atoms with Crippen LogP contribution in [0.1, 0.15) is 51.9 Å². The molecule has 0 aliphatic heterocycles. The van der Waals surface area contributed by atoms with Gasteiger partial charge in [0.1, 0.15) is 5.78 Å². The third-order valence-electron chi connectivity index (χ3n) is 5.01. The van der Waals surface area contributed by atoms with E-state index in [1.807, 2.05) is 0 Å². The Bertz CT molecular complexity index is 491. The number of carboxylic acid groups (broad SMARTS) is 1. The number of halogens is 2. The highest BCUT2D eigenvalue weighted by Gasteiger charge is 2.47. The predicted octanol–water partition coefficient (Wildman–Crippen LogP) is 2.81. The van der Waals surface area contributed by atoms with Gasteiger partial charge in [0.15, 0.2) is 6.10 Å². The molecule has 0 heterocycles. The van der Waals surface area contributed by atoms with Gasteiger partial charge in [-0.15, -0.1) is 0 Å². The number of esters is 1. The van der Waals surface area contributed by atoms with Crippen LogP contribution in [0.15, 0.2) is 0 Å². The van der Waals surface area contributed by atoms with Crippen molar-refractivity contribution in [2.45, 2.75) is 63.9 Å². The van der Waals surface area contributed by atoms with Crippen molar-refractivity contribution < 1.29 is 33.0 Å². The lowest BCUT2D eigenvalue weighted by Gasteiger charge is -2.37. The maximum Gasteiger partial charge on any atom is 0.378 e. The van der Waals surface area contributed by atoms with Crippen LogP contribution in [0.3, 0.4) is 0 Å². The molecule has 5 nitrogen and oxygen atoms in total. The van der Waals surface area contributed by atoms with Crippen molar-refractivity contribution in [2.24, 2.45) is 17.8 Å². The van der Waals surface area contributed by atoms with Crippen molar-refractivity contribution in [3.63, 3.8) is 0 Å². The zero-order chi connectivity index (χ0) is 17.2. The minimum atomic E-state index is -4.12. The Morgan fingerprint density at radius 1 is 1.35 bits per heavy atom. The highest BCUT2D eigenvalue weighted by Crippen LogP contribution is 2.41. The van der Waals surface area contributed by atoms with Gasteiger partial charge in [-0.05, 0) is 38.5 Å². The molecule has 0 amide bonds. The number of Topliss-reactive ketones (excluding diaryl/α,β-unsaturated/α-hetero) is 1. The molecule has 7 heteroatoms. The molecule has 0 aromatic rings. The predicted molar refractivity (Wildman–Crippen MR) is 75.9 cm³/mol. The molecule has 0 radical (unpaired) electrons. The van der Waals surface area contributed by atoms with Gasteiger partial charge < -0.3 is 9.84 Å². The Hall–Kier alpha value is -1.53. The van der Waals surface area contributed by atoms with Crippen molar-refractivity contribution in [3.05, 3.63) is 0 Å². The maximum absolute atomic E-state index is 13.2.